The van der Waals surface area contributed by atoms with Crippen LogP contribution in [-0.4, -0.2) is 34.0 Å². The fraction of sp³-hybridized carbons (Fsp3) is 0.296. The van der Waals surface area contributed by atoms with Crippen molar-refractivity contribution < 1.29 is 22.3 Å². The molecule has 0 saturated carbocycles. The minimum atomic E-state index is -4.08. The Morgan fingerprint density at radius 3 is 2.37 bits per heavy atom. The highest BCUT2D eigenvalue weighted by atomic mass is 32.2. The van der Waals surface area contributed by atoms with Gasteiger partial charge in [0.05, 0.1) is 17.2 Å². The number of anilines is 1. The first-order chi connectivity index (χ1) is 16.8. The minimum absolute atomic E-state index is 0.0871. The second-order valence-corrected chi connectivity index (χ2v) is 10.1. The number of aryl methyl sites for hydroxylation is 2. The number of carbonyl (C=O) groups excluding carboxylic acids is 1. The maximum atomic E-state index is 13.4. The largest absolute Gasteiger partial charge is 0.493 e. The molecule has 3 aromatic carbocycles. The third-order valence-electron chi connectivity index (χ3n) is 5.39. The molecule has 8 heteroatoms. The normalized spacial score (nSPS) is 11.2. The second kappa shape index (κ2) is 12.4. The predicted octanol–water partition coefficient (Wildman–Crippen LogP) is 4.87. The average Bonchev–Trinajstić information content (AvgIpc) is 2.85. The Balaban J connectivity index is 1.66. The molecule has 0 radical (unpaired) electrons. The van der Waals surface area contributed by atoms with Crippen LogP contribution in [0.4, 0.5) is 10.1 Å². The molecule has 0 atom stereocenters. The van der Waals surface area contributed by atoms with Crippen LogP contribution in [0.5, 0.6) is 5.75 Å². The quantitative estimate of drug-likeness (QED) is 0.362. The molecule has 3 aromatic rings. The summed E-state index contributed by atoms with van der Waals surface area (Å²) >= 11 is 0. The van der Waals surface area contributed by atoms with Crippen LogP contribution in [0.1, 0.15) is 30.9 Å². The van der Waals surface area contributed by atoms with E-state index in [2.05, 4.69) is 5.32 Å². The molecule has 0 unspecified atom stereocenters. The zero-order valence-corrected chi connectivity index (χ0v) is 20.9. The monoisotopic (exact) mass is 498 g/mol. The molecule has 35 heavy (non-hydrogen) atoms. The van der Waals surface area contributed by atoms with Crippen molar-refractivity contribution in [1.82, 2.24) is 5.32 Å². The predicted molar refractivity (Wildman–Crippen MR) is 136 cm³/mol. The van der Waals surface area contributed by atoms with Crippen LogP contribution in [-0.2, 0) is 21.2 Å². The van der Waals surface area contributed by atoms with E-state index in [0.717, 1.165) is 46.2 Å². The van der Waals surface area contributed by atoms with Gasteiger partial charge in [-0.15, -0.1) is 0 Å². The molecule has 0 heterocycles. The lowest BCUT2D eigenvalue weighted by Crippen LogP contribution is -2.41. The number of hydrogen-bond donors (Lipinski definition) is 1. The number of ether oxygens (including phenoxy) is 1. The summed E-state index contributed by atoms with van der Waals surface area (Å²) in [5.41, 5.74) is 2.38. The molecule has 0 aliphatic rings. The Morgan fingerprint density at radius 2 is 1.69 bits per heavy atom. The van der Waals surface area contributed by atoms with E-state index in [4.69, 9.17) is 4.74 Å². The number of hydrogen-bond acceptors (Lipinski definition) is 4. The summed E-state index contributed by atoms with van der Waals surface area (Å²) in [7, 11) is -4.08. The molecule has 0 aliphatic carbocycles. The van der Waals surface area contributed by atoms with Crippen molar-refractivity contribution >= 4 is 21.6 Å². The molecule has 6 nitrogen and oxygen atoms in total. The van der Waals surface area contributed by atoms with E-state index in [-0.39, 0.29) is 11.4 Å². The van der Waals surface area contributed by atoms with Crippen molar-refractivity contribution in [3.8, 4) is 5.75 Å². The first-order valence-electron chi connectivity index (χ1n) is 11.6. The van der Waals surface area contributed by atoms with E-state index < -0.39 is 21.7 Å². The zero-order chi connectivity index (χ0) is 25.3. The van der Waals surface area contributed by atoms with E-state index >= 15 is 0 Å². The van der Waals surface area contributed by atoms with Crippen LogP contribution < -0.4 is 14.4 Å². The zero-order valence-electron chi connectivity index (χ0n) is 20.0. The highest BCUT2D eigenvalue weighted by Crippen LogP contribution is 2.24. The number of amides is 1. The van der Waals surface area contributed by atoms with Crippen LogP contribution in [0.2, 0.25) is 0 Å². The van der Waals surface area contributed by atoms with Crippen molar-refractivity contribution in [2.75, 3.05) is 24.0 Å². The number of nitrogens with zero attached hydrogens (tertiary/aromatic N) is 1. The molecule has 1 N–H and O–H groups in total. The maximum absolute atomic E-state index is 13.4. The number of rotatable bonds is 12. The van der Waals surface area contributed by atoms with Gasteiger partial charge in [0.15, 0.2) is 0 Å². The molecule has 0 spiro atoms. The first-order valence-corrected chi connectivity index (χ1v) is 13.1. The highest BCUT2D eigenvalue weighted by Gasteiger charge is 2.27. The molecule has 186 valence electrons. The summed E-state index contributed by atoms with van der Waals surface area (Å²) in [6, 6.07) is 19.2. The third-order valence-corrected chi connectivity index (χ3v) is 7.18. The van der Waals surface area contributed by atoms with Crippen molar-refractivity contribution in [2.24, 2.45) is 0 Å². The van der Waals surface area contributed by atoms with E-state index in [0.29, 0.717) is 25.3 Å². The van der Waals surface area contributed by atoms with Gasteiger partial charge in [0.25, 0.3) is 10.0 Å². The topological polar surface area (TPSA) is 75.7 Å². The van der Waals surface area contributed by atoms with E-state index in [1.165, 1.54) is 12.1 Å². The number of sulfonamides is 1. The van der Waals surface area contributed by atoms with Gasteiger partial charge in [-0.1, -0.05) is 42.8 Å². The van der Waals surface area contributed by atoms with Crippen LogP contribution >= 0.6 is 0 Å². The number of nitrogens with one attached hydrogen (secondary N) is 1. The molecular weight excluding hydrogens is 467 g/mol. The van der Waals surface area contributed by atoms with E-state index in [1.807, 2.05) is 38.1 Å². The van der Waals surface area contributed by atoms with Crippen molar-refractivity contribution in [1.29, 1.82) is 0 Å². The van der Waals surface area contributed by atoms with Gasteiger partial charge in [0, 0.05) is 6.54 Å². The summed E-state index contributed by atoms with van der Waals surface area (Å²) in [5.74, 6) is -0.117. The van der Waals surface area contributed by atoms with Crippen LogP contribution in [0.15, 0.2) is 77.7 Å². The van der Waals surface area contributed by atoms with Crippen LogP contribution in [0.3, 0.4) is 0 Å². The SMILES string of the molecule is CCCOc1ccccc1CCCNC(=O)CN(c1ccc(C)cc1)S(=O)(=O)c1ccc(F)cc1. The molecule has 1 amide bonds. The summed E-state index contributed by atoms with van der Waals surface area (Å²) in [4.78, 5) is 12.7. The molecule has 0 aromatic heterocycles. The fourth-order valence-corrected chi connectivity index (χ4v) is 4.94. The molecule has 0 bridgehead atoms. The third kappa shape index (κ3) is 7.29. The molecule has 0 fully saturated rings. The Kier molecular flexibility index (Phi) is 9.25. The fourth-order valence-electron chi connectivity index (χ4n) is 3.52. The van der Waals surface area contributed by atoms with Gasteiger partial charge in [-0.25, -0.2) is 12.8 Å². The lowest BCUT2D eigenvalue weighted by atomic mass is 10.1. The average molecular weight is 499 g/mol. The summed E-state index contributed by atoms with van der Waals surface area (Å²) in [6.07, 6.45) is 2.31. The van der Waals surface area contributed by atoms with Gasteiger partial charge in [-0.3, -0.25) is 9.10 Å². The van der Waals surface area contributed by atoms with Gasteiger partial charge >= 0.3 is 0 Å². The lowest BCUT2D eigenvalue weighted by molar-refractivity contribution is -0.119. The van der Waals surface area contributed by atoms with Crippen LogP contribution in [0.25, 0.3) is 0 Å². The van der Waals surface area contributed by atoms with Gasteiger partial charge in [0.1, 0.15) is 18.1 Å². The van der Waals surface area contributed by atoms with Crippen molar-refractivity contribution in [3.63, 3.8) is 0 Å². The molecule has 0 saturated heterocycles. The Labute approximate surface area is 206 Å². The van der Waals surface area contributed by atoms with Crippen LogP contribution in [0, 0.1) is 12.7 Å². The summed E-state index contributed by atoms with van der Waals surface area (Å²) < 4.78 is 46.8. The molecular formula is C27H31FN2O4S. The van der Waals surface area contributed by atoms with E-state index in [9.17, 15) is 17.6 Å². The lowest BCUT2D eigenvalue weighted by Gasteiger charge is -2.24. The summed E-state index contributed by atoms with van der Waals surface area (Å²) in [6.45, 7) is 4.58. The van der Waals surface area contributed by atoms with Gasteiger partial charge < -0.3 is 10.1 Å². The molecule has 3 rings (SSSR count). The number of para-hydroxylation sites is 1. The highest BCUT2D eigenvalue weighted by molar-refractivity contribution is 7.92. The Morgan fingerprint density at radius 1 is 1.00 bits per heavy atom. The first kappa shape index (κ1) is 26.2. The number of benzene rings is 3. The maximum Gasteiger partial charge on any atom is 0.264 e. The number of carbonyl (C=O) groups is 1. The van der Waals surface area contributed by atoms with Gasteiger partial charge in [-0.2, -0.15) is 0 Å². The molecule has 0 aliphatic heterocycles. The van der Waals surface area contributed by atoms with E-state index in [1.54, 1.807) is 24.3 Å². The minimum Gasteiger partial charge on any atom is -0.493 e. The van der Waals surface area contributed by atoms with Crippen molar-refractivity contribution in [3.05, 3.63) is 89.7 Å². The number of halogens is 1. The standard InChI is InChI=1S/C27H31FN2O4S/c1-3-19-34-26-9-5-4-7-22(26)8-6-18-29-27(31)20-30(24-14-10-21(2)11-15-24)35(32,33)25-16-12-23(28)13-17-25/h4-5,7,9-17H,3,6,8,18-20H2,1-2H3,(H,29,31). The Bertz CT molecular complexity index is 1210. The second-order valence-electron chi connectivity index (χ2n) is 8.21. The smallest absolute Gasteiger partial charge is 0.264 e. The summed E-state index contributed by atoms with van der Waals surface area (Å²) in [5, 5.41) is 2.81. The Hall–Kier alpha value is -3.39. The van der Waals surface area contributed by atoms with Crippen molar-refractivity contribution in [2.45, 2.75) is 38.0 Å². The van der Waals surface area contributed by atoms with Gasteiger partial charge in [0.2, 0.25) is 5.91 Å². The van der Waals surface area contributed by atoms with Gasteiger partial charge in [-0.05, 0) is 74.2 Å².